The minimum Gasteiger partial charge on any atom is -0.363 e. The summed E-state index contributed by atoms with van der Waals surface area (Å²) in [6.07, 6.45) is 4.71. The maximum Gasteiger partial charge on any atom is 0.221 e. The highest BCUT2D eigenvalue weighted by atomic mass is 19.1. The number of rotatable bonds is 6. The minimum atomic E-state index is -0.285. The topological polar surface area (TPSA) is 91.8 Å². The lowest BCUT2D eigenvalue weighted by molar-refractivity contribution is -0.114. The summed E-state index contributed by atoms with van der Waals surface area (Å²) in [4.78, 5) is 24.1. The Balaban J connectivity index is 1.85. The Hall–Kier alpha value is -3.55. The summed E-state index contributed by atoms with van der Waals surface area (Å²) in [5.74, 6) is 1.10. The molecule has 27 heavy (non-hydrogen) atoms. The first-order valence-corrected chi connectivity index (χ1v) is 8.34. The molecule has 1 atom stereocenters. The molecule has 0 spiro atoms. The number of amides is 1. The zero-order valence-electron chi connectivity index (χ0n) is 14.9. The van der Waals surface area contributed by atoms with E-state index in [-0.39, 0.29) is 17.8 Å². The van der Waals surface area contributed by atoms with Crippen LogP contribution in [-0.4, -0.2) is 20.9 Å². The monoisotopic (exact) mass is 366 g/mol. The molecule has 0 fully saturated rings. The van der Waals surface area contributed by atoms with Crippen molar-refractivity contribution in [3.8, 4) is 0 Å². The summed E-state index contributed by atoms with van der Waals surface area (Å²) in [7, 11) is 0. The van der Waals surface area contributed by atoms with Gasteiger partial charge in [0, 0.05) is 43.2 Å². The van der Waals surface area contributed by atoms with Crippen molar-refractivity contribution in [1.82, 2.24) is 15.0 Å². The third kappa shape index (κ3) is 5.21. The van der Waals surface area contributed by atoms with E-state index in [1.807, 2.05) is 6.92 Å². The standard InChI is InChI=1S/C19H19FN6O/c1-12(14-3-5-15(20)6-4-14)23-17-9-16(24-13(2)27)10-18(25-17)26-19-11-21-7-8-22-19/h3-12H,1-2H3,(H3,22,23,24,25,26,27)/t12-/m0/s1. The number of aromatic nitrogens is 3. The number of hydrogen-bond donors (Lipinski definition) is 3. The third-order valence-electron chi connectivity index (χ3n) is 3.70. The molecule has 7 nitrogen and oxygen atoms in total. The van der Waals surface area contributed by atoms with Crippen LogP contribution in [0, 0.1) is 5.82 Å². The summed E-state index contributed by atoms with van der Waals surface area (Å²) in [6, 6.07) is 9.56. The van der Waals surface area contributed by atoms with E-state index in [1.165, 1.54) is 19.1 Å². The van der Waals surface area contributed by atoms with Gasteiger partial charge in [0.15, 0.2) is 0 Å². The molecule has 2 aromatic heterocycles. The molecular formula is C19H19FN6O. The quantitative estimate of drug-likeness (QED) is 0.613. The first-order valence-electron chi connectivity index (χ1n) is 8.34. The van der Waals surface area contributed by atoms with Crippen molar-refractivity contribution in [2.75, 3.05) is 16.0 Å². The molecule has 1 aromatic carbocycles. The first-order chi connectivity index (χ1) is 13.0. The fourth-order valence-electron chi connectivity index (χ4n) is 2.50. The van der Waals surface area contributed by atoms with Crippen LogP contribution in [0.15, 0.2) is 55.0 Å². The number of carbonyl (C=O) groups excluding carboxylic acids is 1. The Morgan fingerprint density at radius 2 is 1.81 bits per heavy atom. The minimum absolute atomic E-state index is 0.116. The van der Waals surface area contributed by atoms with Gasteiger partial charge in [0.1, 0.15) is 23.3 Å². The molecule has 3 rings (SSSR count). The summed E-state index contributed by atoms with van der Waals surface area (Å²) in [6.45, 7) is 3.38. The van der Waals surface area contributed by atoms with Crippen molar-refractivity contribution in [1.29, 1.82) is 0 Å². The molecule has 0 saturated heterocycles. The number of anilines is 4. The van der Waals surface area contributed by atoms with E-state index < -0.39 is 0 Å². The molecule has 138 valence electrons. The lowest BCUT2D eigenvalue weighted by Gasteiger charge is -2.17. The van der Waals surface area contributed by atoms with Crippen molar-refractivity contribution in [2.24, 2.45) is 0 Å². The summed E-state index contributed by atoms with van der Waals surface area (Å²) in [5, 5.41) is 9.06. The molecule has 3 N–H and O–H groups in total. The van der Waals surface area contributed by atoms with E-state index in [1.54, 1.807) is 42.9 Å². The molecule has 0 unspecified atom stereocenters. The van der Waals surface area contributed by atoms with Gasteiger partial charge in [0.25, 0.3) is 0 Å². The molecule has 0 bridgehead atoms. The average Bonchev–Trinajstić information content (AvgIpc) is 2.62. The van der Waals surface area contributed by atoms with Crippen molar-refractivity contribution < 1.29 is 9.18 Å². The van der Waals surface area contributed by atoms with Gasteiger partial charge in [-0.05, 0) is 24.6 Å². The maximum atomic E-state index is 13.1. The normalized spacial score (nSPS) is 11.5. The summed E-state index contributed by atoms with van der Waals surface area (Å²) >= 11 is 0. The van der Waals surface area contributed by atoms with Crippen LogP contribution in [0.2, 0.25) is 0 Å². The molecule has 0 aliphatic carbocycles. The fourth-order valence-corrected chi connectivity index (χ4v) is 2.50. The maximum absolute atomic E-state index is 13.1. The average molecular weight is 366 g/mol. The van der Waals surface area contributed by atoms with E-state index in [2.05, 4.69) is 30.9 Å². The van der Waals surface area contributed by atoms with Crippen LogP contribution in [-0.2, 0) is 4.79 Å². The zero-order chi connectivity index (χ0) is 19.2. The van der Waals surface area contributed by atoms with Crippen LogP contribution in [0.5, 0.6) is 0 Å². The second-order valence-corrected chi connectivity index (χ2v) is 5.94. The predicted molar refractivity (Wildman–Crippen MR) is 102 cm³/mol. The molecule has 1 amide bonds. The van der Waals surface area contributed by atoms with Gasteiger partial charge in [0.2, 0.25) is 5.91 Å². The van der Waals surface area contributed by atoms with Gasteiger partial charge in [-0.2, -0.15) is 0 Å². The van der Waals surface area contributed by atoms with Crippen LogP contribution >= 0.6 is 0 Å². The van der Waals surface area contributed by atoms with Crippen molar-refractivity contribution in [2.45, 2.75) is 19.9 Å². The van der Waals surface area contributed by atoms with E-state index >= 15 is 0 Å². The molecular weight excluding hydrogens is 347 g/mol. The van der Waals surface area contributed by atoms with Gasteiger partial charge in [0.05, 0.1) is 6.20 Å². The fraction of sp³-hybridized carbons (Fsp3) is 0.158. The number of halogens is 1. The molecule has 0 aliphatic heterocycles. The van der Waals surface area contributed by atoms with Crippen LogP contribution < -0.4 is 16.0 Å². The Morgan fingerprint density at radius 3 is 2.48 bits per heavy atom. The largest absolute Gasteiger partial charge is 0.363 e. The summed E-state index contributed by atoms with van der Waals surface area (Å²) in [5.41, 5.74) is 1.49. The Bertz CT molecular complexity index is 917. The van der Waals surface area contributed by atoms with Gasteiger partial charge >= 0.3 is 0 Å². The van der Waals surface area contributed by atoms with Crippen LogP contribution in [0.3, 0.4) is 0 Å². The second-order valence-electron chi connectivity index (χ2n) is 5.94. The molecule has 3 aromatic rings. The Labute approximate surface area is 156 Å². The van der Waals surface area contributed by atoms with Crippen LogP contribution in [0.1, 0.15) is 25.5 Å². The highest BCUT2D eigenvalue weighted by Crippen LogP contribution is 2.24. The van der Waals surface area contributed by atoms with Crippen molar-refractivity contribution in [3.05, 3.63) is 66.4 Å². The predicted octanol–water partition coefficient (Wildman–Crippen LogP) is 3.89. The van der Waals surface area contributed by atoms with Crippen LogP contribution in [0.25, 0.3) is 0 Å². The summed E-state index contributed by atoms with van der Waals surface area (Å²) < 4.78 is 13.1. The lowest BCUT2D eigenvalue weighted by Crippen LogP contribution is -2.11. The zero-order valence-corrected chi connectivity index (χ0v) is 14.9. The molecule has 2 heterocycles. The molecule has 0 aliphatic rings. The van der Waals surface area contributed by atoms with Gasteiger partial charge in [-0.1, -0.05) is 12.1 Å². The van der Waals surface area contributed by atoms with Crippen molar-refractivity contribution in [3.63, 3.8) is 0 Å². The number of pyridine rings is 1. The Kier molecular flexibility index (Phi) is 5.55. The van der Waals surface area contributed by atoms with Crippen molar-refractivity contribution >= 4 is 29.0 Å². The molecule has 0 saturated carbocycles. The van der Waals surface area contributed by atoms with Gasteiger partial charge in [-0.15, -0.1) is 0 Å². The van der Waals surface area contributed by atoms with E-state index in [9.17, 15) is 9.18 Å². The molecule has 0 radical (unpaired) electrons. The SMILES string of the molecule is CC(=O)Nc1cc(Nc2cnccn2)nc(N[C@@H](C)c2ccc(F)cc2)c1. The first kappa shape index (κ1) is 18.2. The van der Waals surface area contributed by atoms with E-state index in [0.29, 0.717) is 23.1 Å². The highest BCUT2D eigenvalue weighted by Gasteiger charge is 2.10. The second kappa shape index (κ2) is 8.22. The van der Waals surface area contributed by atoms with Gasteiger partial charge in [-0.25, -0.2) is 14.4 Å². The molecule has 8 heteroatoms. The smallest absolute Gasteiger partial charge is 0.221 e. The number of hydrogen-bond acceptors (Lipinski definition) is 6. The number of nitrogens with one attached hydrogen (secondary N) is 3. The van der Waals surface area contributed by atoms with E-state index in [4.69, 9.17) is 0 Å². The van der Waals surface area contributed by atoms with Crippen LogP contribution in [0.4, 0.5) is 27.5 Å². The van der Waals surface area contributed by atoms with Gasteiger partial charge < -0.3 is 16.0 Å². The Morgan fingerprint density at radius 1 is 1.07 bits per heavy atom. The number of benzene rings is 1. The van der Waals surface area contributed by atoms with Gasteiger partial charge in [-0.3, -0.25) is 9.78 Å². The lowest BCUT2D eigenvalue weighted by atomic mass is 10.1. The third-order valence-corrected chi connectivity index (χ3v) is 3.70. The highest BCUT2D eigenvalue weighted by molar-refractivity contribution is 5.89. The van der Waals surface area contributed by atoms with E-state index in [0.717, 1.165) is 5.56 Å². The number of nitrogens with zero attached hydrogens (tertiary/aromatic N) is 3. The number of carbonyl (C=O) groups is 1.